The molecule has 0 aliphatic heterocycles. The maximum absolute atomic E-state index is 11.4. The molecule has 0 N–H and O–H groups in total. The molecule has 0 saturated heterocycles. The van der Waals surface area contributed by atoms with E-state index in [9.17, 15) is 4.79 Å². The normalized spacial score (nSPS) is 27.0. The van der Waals surface area contributed by atoms with Gasteiger partial charge in [0.25, 0.3) is 0 Å². The van der Waals surface area contributed by atoms with Crippen molar-refractivity contribution in [2.24, 2.45) is 17.3 Å². The number of carbonyl (C=O) groups excluding carboxylic acids is 1. The Hall–Kier alpha value is -0.850. The number of rotatable bonds is 1. The number of hydrogen-bond donors (Lipinski definition) is 0. The van der Waals surface area contributed by atoms with Crippen LogP contribution in [0.4, 0.5) is 0 Å². The first-order valence-corrected chi connectivity index (χ1v) is 4.78. The van der Waals surface area contributed by atoms with Crippen LogP contribution in [0.3, 0.4) is 0 Å². The summed E-state index contributed by atoms with van der Waals surface area (Å²) in [6, 6.07) is 0. The SMILES string of the molecule is C=C1C(=O)C=CC(C)(C)C1C(C)C. The van der Waals surface area contributed by atoms with Crippen molar-refractivity contribution >= 4 is 5.78 Å². The molecule has 0 heterocycles. The van der Waals surface area contributed by atoms with Crippen molar-refractivity contribution in [3.63, 3.8) is 0 Å². The topological polar surface area (TPSA) is 17.1 Å². The first-order chi connectivity index (χ1) is 5.86. The van der Waals surface area contributed by atoms with Gasteiger partial charge in [0, 0.05) is 0 Å². The van der Waals surface area contributed by atoms with Gasteiger partial charge in [-0.15, -0.1) is 0 Å². The van der Waals surface area contributed by atoms with Gasteiger partial charge in [-0.05, 0) is 28.9 Å². The first-order valence-electron chi connectivity index (χ1n) is 4.78. The molecule has 0 fully saturated rings. The molecule has 1 aliphatic carbocycles. The molecule has 0 radical (unpaired) electrons. The van der Waals surface area contributed by atoms with Crippen molar-refractivity contribution in [2.75, 3.05) is 0 Å². The van der Waals surface area contributed by atoms with E-state index in [1.54, 1.807) is 6.08 Å². The minimum absolute atomic E-state index is 0.0686. The standard InChI is InChI=1S/C12H18O/c1-8(2)11-9(3)10(13)6-7-12(11,4)5/h6-8,11H,3H2,1-2,4-5H3. The molecule has 1 unspecified atom stereocenters. The molecule has 0 aromatic rings. The maximum Gasteiger partial charge on any atom is 0.181 e. The lowest BCUT2D eigenvalue weighted by atomic mass is 9.65. The minimum atomic E-state index is 0.0686. The molecule has 0 saturated carbocycles. The van der Waals surface area contributed by atoms with Crippen LogP contribution in [0.15, 0.2) is 24.3 Å². The lowest BCUT2D eigenvalue weighted by Gasteiger charge is -2.38. The Morgan fingerprint density at radius 2 is 2.00 bits per heavy atom. The van der Waals surface area contributed by atoms with Crippen molar-refractivity contribution in [3.8, 4) is 0 Å². The largest absolute Gasteiger partial charge is 0.290 e. The summed E-state index contributed by atoms with van der Waals surface area (Å²) in [5.74, 6) is 0.847. The predicted octanol–water partition coefficient (Wildman–Crippen LogP) is 2.98. The number of allylic oxidation sites excluding steroid dienone is 3. The van der Waals surface area contributed by atoms with Crippen LogP contribution in [0.1, 0.15) is 27.7 Å². The first kappa shape index (κ1) is 10.2. The van der Waals surface area contributed by atoms with Crippen LogP contribution in [0.2, 0.25) is 0 Å². The Morgan fingerprint density at radius 3 is 2.38 bits per heavy atom. The molecule has 0 bridgehead atoms. The van der Waals surface area contributed by atoms with Crippen molar-refractivity contribution in [3.05, 3.63) is 24.3 Å². The summed E-state index contributed by atoms with van der Waals surface area (Å²) in [5.41, 5.74) is 0.835. The zero-order valence-electron chi connectivity index (χ0n) is 8.92. The van der Waals surface area contributed by atoms with Crippen molar-refractivity contribution in [2.45, 2.75) is 27.7 Å². The van der Waals surface area contributed by atoms with Crippen molar-refractivity contribution in [1.82, 2.24) is 0 Å². The summed E-state index contributed by atoms with van der Waals surface area (Å²) in [6.07, 6.45) is 3.66. The molecule has 1 nitrogen and oxygen atoms in total. The van der Waals surface area contributed by atoms with Crippen LogP contribution in [0, 0.1) is 17.3 Å². The quantitative estimate of drug-likeness (QED) is 0.564. The minimum Gasteiger partial charge on any atom is -0.290 e. The van der Waals surface area contributed by atoms with Gasteiger partial charge in [0.15, 0.2) is 5.78 Å². The van der Waals surface area contributed by atoms with Gasteiger partial charge in [-0.25, -0.2) is 0 Å². The van der Waals surface area contributed by atoms with Crippen molar-refractivity contribution in [1.29, 1.82) is 0 Å². The predicted molar refractivity (Wildman–Crippen MR) is 55.4 cm³/mol. The smallest absolute Gasteiger partial charge is 0.181 e. The van der Waals surface area contributed by atoms with Gasteiger partial charge in [-0.3, -0.25) is 4.79 Å². The second-order valence-corrected chi connectivity index (χ2v) is 4.77. The fourth-order valence-electron chi connectivity index (χ4n) is 2.36. The third kappa shape index (κ3) is 1.74. The highest BCUT2D eigenvalue weighted by atomic mass is 16.1. The third-order valence-corrected chi connectivity index (χ3v) is 2.82. The van der Waals surface area contributed by atoms with Crippen LogP contribution in [0.5, 0.6) is 0 Å². The van der Waals surface area contributed by atoms with E-state index >= 15 is 0 Å². The van der Waals surface area contributed by atoms with Gasteiger partial charge < -0.3 is 0 Å². The Balaban J connectivity index is 3.09. The monoisotopic (exact) mass is 178 g/mol. The molecule has 1 rings (SSSR count). The summed E-state index contributed by atoms with van der Waals surface area (Å²) >= 11 is 0. The average molecular weight is 178 g/mol. The molecule has 0 aromatic heterocycles. The molecule has 1 aliphatic rings. The van der Waals surface area contributed by atoms with Gasteiger partial charge in [0.05, 0.1) is 0 Å². The van der Waals surface area contributed by atoms with E-state index < -0.39 is 0 Å². The number of carbonyl (C=O) groups is 1. The Bertz CT molecular complexity index is 269. The lowest BCUT2D eigenvalue weighted by Crippen LogP contribution is -2.33. The molecule has 1 heteroatoms. The van der Waals surface area contributed by atoms with Gasteiger partial charge in [0.1, 0.15) is 0 Å². The molecular weight excluding hydrogens is 160 g/mol. The van der Waals surface area contributed by atoms with E-state index in [0.717, 1.165) is 5.57 Å². The molecule has 1 atom stereocenters. The van der Waals surface area contributed by atoms with E-state index in [2.05, 4.69) is 34.3 Å². The Labute approximate surface area is 80.5 Å². The third-order valence-electron chi connectivity index (χ3n) is 2.82. The van der Waals surface area contributed by atoms with Gasteiger partial charge in [0.2, 0.25) is 0 Å². The zero-order valence-corrected chi connectivity index (χ0v) is 8.92. The summed E-state index contributed by atoms with van der Waals surface area (Å²) in [6.45, 7) is 12.5. The van der Waals surface area contributed by atoms with Crippen LogP contribution in [-0.4, -0.2) is 5.78 Å². The van der Waals surface area contributed by atoms with Crippen LogP contribution in [-0.2, 0) is 4.79 Å². The van der Waals surface area contributed by atoms with Crippen molar-refractivity contribution < 1.29 is 4.79 Å². The zero-order chi connectivity index (χ0) is 10.2. The highest BCUT2D eigenvalue weighted by molar-refractivity contribution is 6.05. The van der Waals surface area contributed by atoms with E-state index in [4.69, 9.17) is 0 Å². The van der Waals surface area contributed by atoms with Crippen LogP contribution < -0.4 is 0 Å². The fraction of sp³-hybridized carbons (Fsp3) is 0.583. The molecule has 72 valence electrons. The Morgan fingerprint density at radius 1 is 1.46 bits per heavy atom. The average Bonchev–Trinajstić information content (AvgIpc) is 1.96. The second-order valence-electron chi connectivity index (χ2n) is 4.77. The summed E-state index contributed by atoms with van der Waals surface area (Å²) in [5, 5.41) is 0. The molecule has 13 heavy (non-hydrogen) atoms. The number of hydrogen-bond acceptors (Lipinski definition) is 1. The van der Waals surface area contributed by atoms with E-state index in [1.165, 1.54) is 0 Å². The highest BCUT2D eigenvalue weighted by Gasteiger charge is 2.36. The van der Waals surface area contributed by atoms with E-state index in [1.807, 2.05) is 6.08 Å². The fourth-order valence-corrected chi connectivity index (χ4v) is 2.36. The molecule has 0 amide bonds. The van der Waals surface area contributed by atoms with Crippen LogP contribution >= 0.6 is 0 Å². The molecular formula is C12H18O. The van der Waals surface area contributed by atoms with Gasteiger partial charge in [-0.1, -0.05) is 40.3 Å². The maximum atomic E-state index is 11.4. The Kier molecular flexibility index (Phi) is 2.47. The van der Waals surface area contributed by atoms with Gasteiger partial charge >= 0.3 is 0 Å². The van der Waals surface area contributed by atoms with Gasteiger partial charge in [-0.2, -0.15) is 0 Å². The van der Waals surface area contributed by atoms with E-state index in [0.29, 0.717) is 5.92 Å². The number of ketones is 1. The lowest BCUT2D eigenvalue weighted by molar-refractivity contribution is -0.112. The summed E-state index contributed by atoms with van der Waals surface area (Å²) in [7, 11) is 0. The van der Waals surface area contributed by atoms with Crippen LogP contribution in [0.25, 0.3) is 0 Å². The van der Waals surface area contributed by atoms with E-state index in [-0.39, 0.29) is 17.1 Å². The second kappa shape index (κ2) is 3.13. The summed E-state index contributed by atoms with van der Waals surface area (Å²) in [4.78, 5) is 11.4. The summed E-state index contributed by atoms with van der Waals surface area (Å²) < 4.78 is 0. The highest BCUT2D eigenvalue weighted by Crippen LogP contribution is 2.41. The molecule has 0 aromatic carbocycles. The molecule has 0 spiro atoms.